The molecule has 6 nitrogen and oxygen atoms in total. The molecule has 0 saturated heterocycles. The summed E-state index contributed by atoms with van der Waals surface area (Å²) < 4.78 is 40.5. The normalized spacial score (nSPS) is 13.6. The van der Waals surface area contributed by atoms with E-state index in [0.717, 1.165) is 17.8 Å². The van der Waals surface area contributed by atoms with Gasteiger partial charge in [0.25, 0.3) is 0 Å². The number of hydrogen-bond donors (Lipinski definition) is 1. The number of pyridine rings is 2. The first-order valence-electron chi connectivity index (χ1n) is 12.2. The van der Waals surface area contributed by atoms with E-state index in [2.05, 4.69) is 15.3 Å². The average Bonchev–Trinajstić information content (AvgIpc) is 3.32. The Hall–Kier alpha value is -3.82. The monoisotopic (exact) mass is 551 g/mol. The highest BCUT2D eigenvalue weighted by Gasteiger charge is 2.39. The van der Waals surface area contributed by atoms with Crippen LogP contribution in [0, 0.1) is 20.8 Å². The van der Waals surface area contributed by atoms with E-state index in [1.807, 2.05) is 32.9 Å². The van der Waals surface area contributed by atoms with Gasteiger partial charge in [0.05, 0.1) is 28.0 Å². The third-order valence-electron chi connectivity index (χ3n) is 7.00. The first-order chi connectivity index (χ1) is 18.4. The Balaban J connectivity index is 1.66. The lowest BCUT2D eigenvalue weighted by Crippen LogP contribution is -2.32. The fourth-order valence-corrected chi connectivity index (χ4v) is 5.31. The van der Waals surface area contributed by atoms with E-state index in [-0.39, 0.29) is 0 Å². The molecule has 0 fully saturated rings. The zero-order chi connectivity index (χ0) is 28.1. The molecule has 10 heteroatoms. The summed E-state index contributed by atoms with van der Waals surface area (Å²) in [5, 5.41) is 21.4. The Morgan fingerprint density at radius 2 is 1.59 bits per heavy atom. The summed E-state index contributed by atoms with van der Waals surface area (Å²) in [6, 6.07) is 14.0. The van der Waals surface area contributed by atoms with Gasteiger partial charge in [-0.1, -0.05) is 41.1 Å². The van der Waals surface area contributed by atoms with Crippen LogP contribution in [-0.4, -0.2) is 30.1 Å². The number of alkyl halides is 3. The summed E-state index contributed by atoms with van der Waals surface area (Å²) in [6.45, 7) is 5.53. The van der Waals surface area contributed by atoms with Crippen molar-refractivity contribution in [2.75, 3.05) is 0 Å². The molecule has 2 aromatic carbocycles. The maximum absolute atomic E-state index is 13.0. The summed E-state index contributed by atoms with van der Waals surface area (Å²) in [6.07, 6.45) is -2.60. The number of aliphatic hydroxyl groups is 1. The second-order valence-corrected chi connectivity index (χ2v) is 10.0. The summed E-state index contributed by atoms with van der Waals surface area (Å²) in [5.41, 5.74) is 3.29. The topological polar surface area (TPSA) is 76.7 Å². The van der Waals surface area contributed by atoms with Crippen molar-refractivity contribution in [2.45, 2.75) is 39.0 Å². The molecule has 39 heavy (non-hydrogen) atoms. The van der Waals surface area contributed by atoms with Crippen LogP contribution in [0.5, 0.6) is 0 Å². The minimum atomic E-state index is -4.40. The predicted molar refractivity (Wildman–Crippen MR) is 143 cm³/mol. The Bertz CT molecular complexity index is 1700. The standard InChI is InChI=1S/C29H25ClF3N5O/c1-16-5-11-24(18(3)35-16)28(39,26-15-34-37-38(26)4)21-10-12-25-23(14-21)27(30)22(17(2)36-25)13-19-6-8-20(9-7-19)29(31,32)33/h5-12,14-15,39H,13H2,1-4H3. The van der Waals surface area contributed by atoms with Gasteiger partial charge in [0.1, 0.15) is 0 Å². The SMILES string of the molecule is Cc1ccc(C(O)(c2ccc3nc(C)c(Cc4ccc(C(F)(F)F)cc4)c(Cl)c3c2)c2cnnn2C)c(C)n1. The average molecular weight is 552 g/mol. The molecule has 1 atom stereocenters. The number of hydrogen-bond acceptors (Lipinski definition) is 5. The quantitative estimate of drug-likeness (QED) is 0.280. The highest BCUT2D eigenvalue weighted by Crippen LogP contribution is 2.40. The fourth-order valence-electron chi connectivity index (χ4n) is 4.95. The molecule has 0 bridgehead atoms. The Labute approximate surface area is 228 Å². The number of aromatic nitrogens is 5. The van der Waals surface area contributed by atoms with Crippen molar-refractivity contribution in [2.24, 2.45) is 7.05 Å². The van der Waals surface area contributed by atoms with Crippen molar-refractivity contribution in [3.63, 3.8) is 0 Å². The second-order valence-electron chi connectivity index (χ2n) is 9.63. The molecule has 0 saturated carbocycles. The van der Waals surface area contributed by atoms with Crippen molar-refractivity contribution in [1.29, 1.82) is 0 Å². The third-order valence-corrected chi connectivity index (χ3v) is 7.43. The molecule has 0 aliphatic heterocycles. The van der Waals surface area contributed by atoms with E-state index in [1.54, 1.807) is 25.2 Å². The van der Waals surface area contributed by atoms with E-state index in [1.165, 1.54) is 23.0 Å². The van der Waals surface area contributed by atoms with Crippen LogP contribution in [0.2, 0.25) is 5.02 Å². The Kier molecular flexibility index (Phi) is 6.68. The molecule has 3 aromatic heterocycles. The van der Waals surface area contributed by atoms with Gasteiger partial charge in [-0.25, -0.2) is 4.68 Å². The van der Waals surface area contributed by atoms with E-state index < -0.39 is 17.3 Å². The first-order valence-corrected chi connectivity index (χ1v) is 12.5. The molecule has 1 unspecified atom stereocenters. The number of nitrogens with zero attached hydrogens (tertiary/aromatic N) is 5. The Morgan fingerprint density at radius 1 is 0.897 bits per heavy atom. The van der Waals surface area contributed by atoms with Crippen molar-refractivity contribution in [1.82, 2.24) is 25.0 Å². The van der Waals surface area contributed by atoms with E-state index in [9.17, 15) is 18.3 Å². The van der Waals surface area contributed by atoms with Crippen LogP contribution in [0.15, 0.2) is 60.8 Å². The summed E-state index contributed by atoms with van der Waals surface area (Å²) >= 11 is 6.93. The molecular weight excluding hydrogens is 527 g/mol. The number of fused-ring (bicyclic) bond motifs is 1. The van der Waals surface area contributed by atoms with Gasteiger partial charge in [-0.3, -0.25) is 9.97 Å². The first kappa shape index (κ1) is 26.8. The maximum Gasteiger partial charge on any atom is 0.416 e. The number of halogens is 4. The predicted octanol–water partition coefficient (Wildman–Crippen LogP) is 6.23. The van der Waals surface area contributed by atoms with E-state index in [4.69, 9.17) is 16.6 Å². The van der Waals surface area contributed by atoms with Gasteiger partial charge in [-0.05, 0) is 67.8 Å². The van der Waals surface area contributed by atoms with Crippen LogP contribution in [0.1, 0.15) is 50.6 Å². The third kappa shape index (κ3) is 4.77. The van der Waals surface area contributed by atoms with Gasteiger partial charge in [0, 0.05) is 41.5 Å². The van der Waals surface area contributed by atoms with Crippen molar-refractivity contribution >= 4 is 22.5 Å². The molecule has 3 heterocycles. The molecule has 0 radical (unpaired) electrons. The maximum atomic E-state index is 13.0. The van der Waals surface area contributed by atoms with Gasteiger partial charge >= 0.3 is 6.18 Å². The van der Waals surface area contributed by atoms with Gasteiger partial charge in [0.15, 0.2) is 5.60 Å². The van der Waals surface area contributed by atoms with Crippen LogP contribution in [0.4, 0.5) is 13.2 Å². The van der Waals surface area contributed by atoms with Gasteiger partial charge < -0.3 is 5.11 Å². The van der Waals surface area contributed by atoms with Crippen LogP contribution in [-0.2, 0) is 25.2 Å². The highest BCUT2D eigenvalue weighted by atomic mass is 35.5. The van der Waals surface area contributed by atoms with Crippen LogP contribution >= 0.6 is 11.6 Å². The fraction of sp³-hybridized carbons (Fsp3) is 0.241. The minimum Gasteiger partial charge on any atom is -0.374 e. The molecule has 0 amide bonds. The molecule has 200 valence electrons. The van der Waals surface area contributed by atoms with Gasteiger partial charge in [-0.2, -0.15) is 13.2 Å². The summed E-state index contributed by atoms with van der Waals surface area (Å²) in [7, 11) is 1.70. The second kappa shape index (κ2) is 9.73. The molecular formula is C29H25ClF3N5O. The highest BCUT2D eigenvalue weighted by molar-refractivity contribution is 6.36. The zero-order valence-corrected chi connectivity index (χ0v) is 22.4. The van der Waals surface area contributed by atoms with Crippen LogP contribution < -0.4 is 0 Å². The lowest BCUT2D eigenvalue weighted by atomic mass is 9.82. The molecule has 5 rings (SSSR count). The minimum absolute atomic E-state index is 0.298. The van der Waals surface area contributed by atoms with E-state index in [0.29, 0.717) is 61.7 Å². The summed E-state index contributed by atoms with van der Waals surface area (Å²) in [4.78, 5) is 9.27. The van der Waals surface area contributed by atoms with Crippen molar-refractivity contribution < 1.29 is 18.3 Å². The number of aryl methyl sites for hydroxylation is 4. The molecule has 0 spiro atoms. The number of benzene rings is 2. The van der Waals surface area contributed by atoms with Gasteiger partial charge in [0.2, 0.25) is 0 Å². The molecule has 0 aliphatic rings. The molecule has 1 N–H and O–H groups in total. The molecule has 5 aromatic rings. The lowest BCUT2D eigenvalue weighted by molar-refractivity contribution is -0.137. The largest absolute Gasteiger partial charge is 0.416 e. The molecule has 0 aliphatic carbocycles. The van der Waals surface area contributed by atoms with Gasteiger partial charge in [-0.15, -0.1) is 5.10 Å². The summed E-state index contributed by atoms with van der Waals surface area (Å²) in [5.74, 6) is 0. The van der Waals surface area contributed by atoms with E-state index >= 15 is 0 Å². The smallest absolute Gasteiger partial charge is 0.374 e. The number of rotatable bonds is 5. The lowest BCUT2D eigenvalue weighted by Gasteiger charge is -2.30. The van der Waals surface area contributed by atoms with Crippen molar-refractivity contribution in [3.8, 4) is 0 Å². The zero-order valence-electron chi connectivity index (χ0n) is 21.7. The van der Waals surface area contributed by atoms with Crippen LogP contribution in [0.25, 0.3) is 10.9 Å². The van der Waals surface area contributed by atoms with Crippen LogP contribution in [0.3, 0.4) is 0 Å². The Morgan fingerprint density at radius 3 is 2.21 bits per heavy atom. The van der Waals surface area contributed by atoms with Crippen molar-refractivity contribution in [3.05, 3.63) is 116 Å².